The number of rotatable bonds is 3. The summed E-state index contributed by atoms with van der Waals surface area (Å²) in [5.41, 5.74) is 9.02. The van der Waals surface area contributed by atoms with Gasteiger partial charge < -0.3 is 9.80 Å². The Hall–Kier alpha value is -2.22. The smallest absolute Gasteiger partial charge is 0.116 e. The molecule has 0 N–H and O–H groups in total. The Kier molecular flexibility index (Phi) is 4.72. The number of anilines is 3. The molecule has 0 saturated heterocycles. The van der Waals surface area contributed by atoms with Gasteiger partial charge in [0.1, 0.15) is 6.17 Å². The van der Waals surface area contributed by atoms with Crippen molar-refractivity contribution in [2.75, 3.05) is 16.8 Å². The van der Waals surface area contributed by atoms with Crippen LogP contribution in [-0.4, -0.2) is 13.2 Å². The Labute approximate surface area is 201 Å². The van der Waals surface area contributed by atoms with Crippen molar-refractivity contribution >= 4 is 17.1 Å². The highest BCUT2D eigenvalue weighted by Crippen LogP contribution is 2.64. The van der Waals surface area contributed by atoms with Crippen molar-refractivity contribution in [3.63, 3.8) is 0 Å². The van der Waals surface area contributed by atoms with Crippen LogP contribution in [0.25, 0.3) is 0 Å². The van der Waals surface area contributed by atoms with Crippen molar-refractivity contribution in [3.8, 4) is 0 Å². The van der Waals surface area contributed by atoms with Crippen molar-refractivity contribution in [1.29, 1.82) is 0 Å². The maximum absolute atomic E-state index is 4.47. The molecule has 2 aromatic rings. The third-order valence-electron chi connectivity index (χ3n) is 10.1. The van der Waals surface area contributed by atoms with Crippen molar-refractivity contribution in [1.82, 2.24) is 0 Å². The van der Waals surface area contributed by atoms with E-state index in [4.69, 9.17) is 0 Å². The molecule has 2 nitrogen and oxygen atoms in total. The van der Waals surface area contributed by atoms with Crippen LogP contribution in [0.1, 0.15) is 90.8 Å². The number of para-hydroxylation sites is 1. The van der Waals surface area contributed by atoms with Crippen LogP contribution in [0.4, 0.5) is 17.1 Å². The molecule has 0 spiro atoms. The third-order valence-corrected chi connectivity index (χ3v) is 10.1. The van der Waals surface area contributed by atoms with Crippen LogP contribution in [0, 0.1) is 5.41 Å². The van der Waals surface area contributed by atoms with E-state index in [-0.39, 0.29) is 27.8 Å². The molecule has 1 aliphatic carbocycles. The summed E-state index contributed by atoms with van der Waals surface area (Å²) >= 11 is 0. The summed E-state index contributed by atoms with van der Waals surface area (Å²) < 4.78 is 0. The summed E-state index contributed by atoms with van der Waals surface area (Å²) in [6.07, 6.45) is 7.15. The van der Waals surface area contributed by atoms with Crippen LogP contribution < -0.4 is 9.80 Å². The lowest BCUT2D eigenvalue weighted by molar-refractivity contribution is 0.129. The number of hydrogen-bond donors (Lipinski definition) is 0. The minimum absolute atomic E-state index is 0.0235. The van der Waals surface area contributed by atoms with Crippen LogP contribution in [0.5, 0.6) is 0 Å². The molecule has 0 bridgehead atoms. The van der Waals surface area contributed by atoms with Gasteiger partial charge in [-0.2, -0.15) is 0 Å². The summed E-state index contributed by atoms with van der Waals surface area (Å²) in [5.74, 6) is 0. The standard InChI is InChI=1S/C31H42N2/c1-10-30(8)21-15-13-14-16-24(21)33-26-20-23-22(28(4,5)17-18-29(23,6)7)19-25(26)32(9)27(33)31(30,11-2)12-3/h11,13-16,19-20,27H,2,10,12,17-18H2,1,3-9H3. The maximum Gasteiger partial charge on any atom is 0.116 e. The molecule has 3 atom stereocenters. The van der Waals surface area contributed by atoms with Gasteiger partial charge in [-0.1, -0.05) is 72.7 Å². The zero-order chi connectivity index (χ0) is 24.0. The molecular weight excluding hydrogens is 400 g/mol. The molecule has 3 unspecified atom stereocenters. The zero-order valence-corrected chi connectivity index (χ0v) is 22.0. The number of benzene rings is 2. The molecule has 0 aromatic heterocycles. The molecule has 2 aromatic carbocycles. The molecule has 2 heteroatoms. The van der Waals surface area contributed by atoms with E-state index in [1.807, 2.05) is 0 Å². The second kappa shape index (κ2) is 6.90. The first-order valence-electron chi connectivity index (χ1n) is 12.9. The Morgan fingerprint density at radius 1 is 0.848 bits per heavy atom. The molecular formula is C31H42N2. The van der Waals surface area contributed by atoms with E-state index in [9.17, 15) is 0 Å². The largest absolute Gasteiger partial charge is 0.351 e. The van der Waals surface area contributed by atoms with Crippen molar-refractivity contribution in [2.45, 2.75) is 96.6 Å². The third kappa shape index (κ3) is 2.61. The minimum atomic E-state index is -0.0601. The number of fused-ring (bicyclic) bond motifs is 6. The summed E-state index contributed by atoms with van der Waals surface area (Å²) in [7, 11) is 2.31. The van der Waals surface area contributed by atoms with Crippen LogP contribution in [0.3, 0.4) is 0 Å². The molecule has 5 rings (SSSR count). The Morgan fingerprint density at radius 2 is 1.42 bits per heavy atom. The average Bonchev–Trinajstić information content (AvgIpc) is 3.09. The SMILES string of the molecule is C=CC1(CC)C2N(C)c3cc4c(cc3N2c2ccccc2C1(C)CC)C(C)(C)CCC4(C)C. The Balaban J connectivity index is 1.85. The van der Waals surface area contributed by atoms with Gasteiger partial charge in [-0.3, -0.25) is 0 Å². The van der Waals surface area contributed by atoms with Gasteiger partial charge >= 0.3 is 0 Å². The summed E-state index contributed by atoms with van der Waals surface area (Å²) in [5, 5.41) is 0. The second-order valence-electron chi connectivity index (χ2n) is 12.3. The molecule has 0 fully saturated rings. The van der Waals surface area contributed by atoms with Crippen molar-refractivity contribution in [2.24, 2.45) is 5.41 Å². The Bertz CT molecular complexity index is 1130. The summed E-state index contributed by atoms with van der Waals surface area (Å²) in [6.45, 7) is 21.4. The number of hydrogen-bond acceptors (Lipinski definition) is 2. The molecule has 0 saturated carbocycles. The fourth-order valence-electron chi connectivity index (χ4n) is 7.59. The first-order valence-corrected chi connectivity index (χ1v) is 12.9. The molecule has 0 amide bonds. The van der Waals surface area contributed by atoms with Gasteiger partial charge in [0.2, 0.25) is 0 Å². The van der Waals surface area contributed by atoms with Gasteiger partial charge in [0.05, 0.1) is 11.4 Å². The van der Waals surface area contributed by atoms with Gasteiger partial charge in [-0.05, 0) is 71.4 Å². The lowest BCUT2D eigenvalue weighted by Crippen LogP contribution is -2.62. The predicted molar refractivity (Wildman–Crippen MR) is 143 cm³/mol. The van der Waals surface area contributed by atoms with Gasteiger partial charge in [0, 0.05) is 23.6 Å². The highest BCUT2D eigenvalue weighted by molar-refractivity contribution is 5.88. The van der Waals surface area contributed by atoms with E-state index in [1.165, 1.54) is 46.6 Å². The van der Waals surface area contributed by atoms with Gasteiger partial charge in [0.25, 0.3) is 0 Å². The first kappa shape index (κ1) is 22.6. The van der Waals surface area contributed by atoms with E-state index < -0.39 is 0 Å². The summed E-state index contributed by atoms with van der Waals surface area (Å²) in [6, 6.07) is 14.2. The van der Waals surface area contributed by atoms with Crippen LogP contribution >= 0.6 is 0 Å². The van der Waals surface area contributed by atoms with Crippen molar-refractivity contribution < 1.29 is 0 Å². The highest BCUT2D eigenvalue weighted by Gasteiger charge is 2.60. The fraction of sp³-hybridized carbons (Fsp3) is 0.548. The lowest BCUT2D eigenvalue weighted by Gasteiger charge is -2.59. The average molecular weight is 443 g/mol. The second-order valence-corrected chi connectivity index (χ2v) is 12.3. The number of nitrogens with zero attached hydrogens (tertiary/aromatic N) is 2. The van der Waals surface area contributed by atoms with Gasteiger partial charge in [-0.15, -0.1) is 6.58 Å². The molecule has 2 aliphatic heterocycles. The molecule has 33 heavy (non-hydrogen) atoms. The first-order chi connectivity index (χ1) is 15.5. The van der Waals surface area contributed by atoms with Crippen LogP contribution in [-0.2, 0) is 16.2 Å². The fourth-order valence-corrected chi connectivity index (χ4v) is 7.59. The van der Waals surface area contributed by atoms with E-state index in [0.29, 0.717) is 0 Å². The normalized spacial score (nSPS) is 30.8. The van der Waals surface area contributed by atoms with E-state index >= 15 is 0 Å². The predicted octanol–water partition coefficient (Wildman–Crippen LogP) is 8.21. The Morgan fingerprint density at radius 3 is 1.97 bits per heavy atom. The van der Waals surface area contributed by atoms with E-state index in [1.54, 1.807) is 0 Å². The zero-order valence-electron chi connectivity index (χ0n) is 22.0. The van der Waals surface area contributed by atoms with Gasteiger partial charge in [-0.25, -0.2) is 0 Å². The molecule has 176 valence electrons. The highest BCUT2D eigenvalue weighted by atomic mass is 15.4. The maximum atomic E-state index is 4.47. The molecule has 0 radical (unpaired) electrons. The van der Waals surface area contributed by atoms with Gasteiger partial charge in [0.15, 0.2) is 0 Å². The summed E-state index contributed by atoms with van der Waals surface area (Å²) in [4.78, 5) is 5.23. The van der Waals surface area contributed by atoms with E-state index in [2.05, 4.69) is 114 Å². The lowest BCUT2D eigenvalue weighted by atomic mass is 9.54. The van der Waals surface area contributed by atoms with Crippen LogP contribution in [0.2, 0.25) is 0 Å². The quantitative estimate of drug-likeness (QED) is 0.442. The molecule has 2 heterocycles. The minimum Gasteiger partial charge on any atom is -0.351 e. The topological polar surface area (TPSA) is 6.48 Å². The monoisotopic (exact) mass is 442 g/mol. The van der Waals surface area contributed by atoms with E-state index in [0.717, 1.165) is 12.8 Å². The molecule has 3 aliphatic rings. The van der Waals surface area contributed by atoms with Crippen LogP contribution in [0.15, 0.2) is 49.1 Å². The van der Waals surface area contributed by atoms with Crippen molar-refractivity contribution in [3.05, 3.63) is 65.7 Å².